The van der Waals surface area contributed by atoms with E-state index in [0.717, 1.165) is 5.56 Å². The Morgan fingerprint density at radius 2 is 1.95 bits per heavy atom. The molecular weight excluding hydrogens is 241 g/mol. The van der Waals surface area contributed by atoms with Crippen molar-refractivity contribution in [1.82, 2.24) is 4.98 Å². The van der Waals surface area contributed by atoms with E-state index in [1.807, 2.05) is 27.7 Å². The molecule has 1 aromatic carbocycles. The van der Waals surface area contributed by atoms with E-state index in [4.69, 9.17) is 6.42 Å². The van der Waals surface area contributed by atoms with Gasteiger partial charge in [-0.2, -0.15) is 4.39 Å². The van der Waals surface area contributed by atoms with E-state index in [9.17, 15) is 9.50 Å². The van der Waals surface area contributed by atoms with Crippen molar-refractivity contribution >= 4 is 10.8 Å². The van der Waals surface area contributed by atoms with Gasteiger partial charge in [0.1, 0.15) is 5.75 Å². The Hall–Kier alpha value is -2.08. The Balaban J connectivity index is 0.000000861. The van der Waals surface area contributed by atoms with E-state index in [2.05, 4.69) is 10.9 Å². The van der Waals surface area contributed by atoms with Crippen molar-refractivity contribution in [3.8, 4) is 18.1 Å². The van der Waals surface area contributed by atoms with Gasteiger partial charge in [0, 0.05) is 17.0 Å². The fourth-order valence-electron chi connectivity index (χ4n) is 1.94. The Morgan fingerprint density at radius 1 is 1.32 bits per heavy atom. The molecule has 0 amide bonds. The number of aromatic hydroxyl groups is 1. The van der Waals surface area contributed by atoms with E-state index in [-0.39, 0.29) is 17.2 Å². The van der Waals surface area contributed by atoms with Crippen LogP contribution in [0.25, 0.3) is 10.8 Å². The zero-order valence-electron chi connectivity index (χ0n) is 11.7. The number of pyridine rings is 1. The maximum absolute atomic E-state index is 13.5. The van der Waals surface area contributed by atoms with Gasteiger partial charge in [0.15, 0.2) is 0 Å². The van der Waals surface area contributed by atoms with E-state index in [0.29, 0.717) is 10.8 Å². The van der Waals surface area contributed by atoms with E-state index >= 15 is 0 Å². The third-order valence-electron chi connectivity index (χ3n) is 2.72. The van der Waals surface area contributed by atoms with E-state index in [1.165, 1.54) is 12.3 Å². The maximum atomic E-state index is 13.5. The lowest BCUT2D eigenvalue weighted by Gasteiger charge is -2.12. The third-order valence-corrected chi connectivity index (χ3v) is 2.72. The SMILES string of the molecule is C#Cc1c(F)ncc2cc(O)cc(C(C)C)c12.CC. The Kier molecular flexibility index (Phi) is 4.88. The van der Waals surface area contributed by atoms with Crippen molar-refractivity contribution in [2.75, 3.05) is 0 Å². The summed E-state index contributed by atoms with van der Waals surface area (Å²) < 4.78 is 13.5. The third kappa shape index (κ3) is 2.85. The topological polar surface area (TPSA) is 33.1 Å². The average Bonchev–Trinajstić information content (AvgIpc) is 2.40. The van der Waals surface area contributed by atoms with E-state index < -0.39 is 5.95 Å². The Bertz CT molecular complexity index is 627. The first-order valence-corrected chi connectivity index (χ1v) is 6.32. The zero-order chi connectivity index (χ0) is 14.6. The fraction of sp³-hybridized carbons (Fsp3) is 0.312. The minimum absolute atomic E-state index is 0.137. The predicted octanol–water partition coefficient (Wildman–Crippen LogP) is 4.21. The molecule has 0 aliphatic rings. The molecule has 0 fully saturated rings. The first-order chi connectivity index (χ1) is 9.04. The molecule has 0 saturated carbocycles. The van der Waals surface area contributed by atoms with Crippen molar-refractivity contribution in [2.45, 2.75) is 33.6 Å². The van der Waals surface area contributed by atoms with Crippen LogP contribution in [-0.4, -0.2) is 10.1 Å². The van der Waals surface area contributed by atoms with Crippen molar-refractivity contribution in [2.24, 2.45) is 0 Å². The minimum atomic E-state index is -0.646. The number of rotatable bonds is 1. The van der Waals surface area contributed by atoms with Gasteiger partial charge in [-0.1, -0.05) is 33.6 Å². The van der Waals surface area contributed by atoms with Crippen LogP contribution in [-0.2, 0) is 0 Å². The van der Waals surface area contributed by atoms with Crippen LogP contribution in [0.2, 0.25) is 0 Å². The summed E-state index contributed by atoms with van der Waals surface area (Å²) >= 11 is 0. The highest BCUT2D eigenvalue weighted by Crippen LogP contribution is 2.32. The summed E-state index contributed by atoms with van der Waals surface area (Å²) in [4.78, 5) is 3.60. The zero-order valence-corrected chi connectivity index (χ0v) is 11.7. The molecule has 2 rings (SSSR count). The van der Waals surface area contributed by atoms with Crippen LogP contribution >= 0.6 is 0 Å². The highest BCUT2D eigenvalue weighted by atomic mass is 19.1. The molecule has 2 nitrogen and oxygen atoms in total. The van der Waals surface area contributed by atoms with Crippen molar-refractivity contribution in [3.63, 3.8) is 0 Å². The van der Waals surface area contributed by atoms with E-state index in [1.54, 1.807) is 6.07 Å². The second-order valence-electron chi connectivity index (χ2n) is 4.22. The molecule has 1 aromatic heterocycles. The van der Waals surface area contributed by atoms with Crippen LogP contribution in [0.1, 0.15) is 44.7 Å². The number of aromatic nitrogens is 1. The lowest BCUT2D eigenvalue weighted by Crippen LogP contribution is -1.97. The number of nitrogens with zero attached hydrogens (tertiary/aromatic N) is 1. The summed E-state index contributed by atoms with van der Waals surface area (Å²) in [5, 5.41) is 10.9. The molecule has 1 heterocycles. The fourth-order valence-corrected chi connectivity index (χ4v) is 1.94. The largest absolute Gasteiger partial charge is 0.508 e. The van der Waals surface area contributed by atoms with Crippen molar-refractivity contribution in [3.05, 3.63) is 35.4 Å². The molecule has 0 radical (unpaired) electrons. The molecule has 0 saturated heterocycles. The molecule has 2 aromatic rings. The van der Waals surface area contributed by atoms with Crippen LogP contribution in [0.4, 0.5) is 4.39 Å². The number of fused-ring (bicyclic) bond motifs is 1. The van der Waals surface area contributed by atoms with Crippen LogP contribution in [0.5, 0.6) is 5.75 Å². The first kappa shape index (κ1) is 15.0. The Labute approximate surface area is 113 Å². The molecule has 0 bridgehead atoms. The van der Waals surface area contributed by atoms with Gasteiger partial charge in [-0.15, -0.1) is 6.42 Å². The summed E-state index contributed by atoms with van der Waals surface area (Å²) in [6.07, 6.45) is 6.72. The molecular formula is C16H18FNO. The number of terminal acetylenes is 1. The first-order valence-electron chi connectivity index (χ1n) is 6.32. The highest BCUT2D eigenvalue weighted by molar-refractivity contribution is 5.92. The molecule has 19 heavy (non-hydrogen) atoms. The lowest BCUT2D eigenvalue weighted by molar-refractivity contribution is 0.475. The minimum Gasteiger partial charge on any atom is -0.508 e. The van der Waals surface area contributed by atoms with Gasteiger partial charge in [-0.3, -0.25) is 0 Å². The normalized spacial score (nSPS) is 9.95. The summed E-state index contributed by atoms with van der Waals surface area (Å²) in [5.74, 6) is 1.96. The number of phenols is 1. The molecule has 1 N–H and O–H groups in total. The Morgan fingerprint density at radius 3 is 2.47 bits per heavy atom. The summed E-state index contributed by atoms with van der Waals surface area (Å²) in [6.45, 7) is 7.93. The van der Waals surface area contributed by atoms with Crippen molar-refractivity contribution in [1.29, 1.82) is 0 Å². The van der Waals surface area contributed by atoms with Crippen LogP contribution in [0.3, 0.4) is 0 Å². The second kappa shape index (κ2) is 6.19. The maximum Gasteiger partial charge on any atom is 0.229 e. The van der Waals surface area contributed by atoms with Gasteiger partial charge in [0.2, 0.25) is 5.95 Å². The summed E-state index contributed by atoms with van der Waals surface area (Å²) in [7, 11) is 0. The molecule has 100 valence electrons. The molecule has 0 aliphatic heterocycles. The van der Waals surface area contributed by atoms with Gasteiger partial charge in [-0.05, 0) is 23.6 Å². The highest BCUT2D eigenvalue weighted by Gasteiger charge is 2.14. The predicted molar refractivity (Wildman–Crippen MR) is 76.7 cm³/mol. The number of hydrogen-bond donors (Lipinski definition) is 1. The number of hydrogen-bond acceptors (Lipinski definition) is 2. The van der Waals surface area contributed by atoms with Gasteiger partial charge in [0.05, 0.1) is 5.56 Å². The molecule has 0 spiro atoms. The summed E-state index contributed by atoms with van der Waals surface area (Å²) in [6, 6.07) is 3.15. The standard InChI is InChI=1S/C14H12FNO.C2H6/c1-4-11-13-9(7-16-14(11)15)5-10(17)6-12(13)8(2)3;1-2/h1,5-8,17H,2-3H3;1-2H3. The quantitative estimate of drug-likeness (QED) is 0.614. The van der Waals surface area contributed by atoms with Gasteiger partial charge < -0.3 is 5.11 Å². The second-order valence-corrected chi connectivity index (χ2v) is 4.22. The number of halogens is 1. The lowest BCUT2D eigenvalue weighted by atomic mass is 9.94. The average molecular weight is 259 g/mol. The molecule has 0 atom stereocenters. The summed E-state index contributed by atoms with van der Waals surface area (Å²) in [5.41, 5.74) is 0.987. The molecule has 0 unspecified atom stereocenters. The van der Waals surface area contributed by atoms with Gasteiger partial charge >= 0.3 is 0 Å². The molecule has 0 aliphatic carbocycles. The van der Waals surface area contributed by atoms with Gasteiger partial charge in [-0.25, -0.2) is 4.98 Å². The molecule has 3 heteroatoms. The number of benzene rings is 1. The van der Waals surface area contributed by atoms with Gasteiger partial charge in [0.25, 0.3) is 0 Å². The van der Waals surface area contributed by atoms with Crippen LogP contribution in [0.15, 0.2) is 18.3 Å². The van der Waals surface area contributed by atoms with Crippen molar-refractivity contribution < 1.29 is 9.50 Å². The monoisotopic (exact) mass is 259 g/mol. The van der Waals surface area contributed by atoms with Crippen LogP contribution in [0, 0.1) is 18.3 Å². The smallest absolute Gasteiger partial charge is 0.229 e. The van der Waals surface area contributed by atoms with Crippen LogP contribution < -0.4 is 0 Å². The number of phenolic OH excluding ortho intramolecular Hbond substituents is 1.